The summed E-state index contributed by atoms with van der Waals surface area (Å²) in [6.07, 6.45) is 2.04. The molecule has 2 aromatic carbocycles. The molecule has 0 aliphatic carbocycles. The molecular weight excluding hydrogens is 496 g/mol. The van der Waals surface area contributed by atoms with Crippen LogP contribution in [0.25, 0.3) is 11.3 Å². The summed E-state index contributed by atoms with van der Waals surface area (Å²) in [4.78, 5) is 19.4. The highest BCUT2D eigenvalue weighted by molar-refractivity contribution is 7.80. The highest BCUT2D eigenvalue weighted by Crippen LogP contribution is 2.40. The van der Waals surface area contributed by atoms with Gasteiger partial charge >= 0.3 is 0 Å². The Morgan fingerprint density at radius 1 is 1.11 bits per heavy atom. The van der Waals surface area contributed by atoms with E-state index in [0.29, 0.717) is 18.3 Å². The van der Waals surface area contributed by atoms with Crippen molar-refractivity contribution in [2.24, 2.45) is 0 Å². The van der Waals surface area contributed by atoms with Crippen molar-refractivity contribution in [1.82, 2.24) is 15.2 Å². The molecule has 8 heteroatoms. The molecule has 0 radical (unpaired) electrons. The molecule has 1 saturated heterocycles. The SMILES string of the molecule is CCOc1ccc(-c2ccc([C@H]3[C@H](c4ccccn4)NC(=S)N3CCC(=O)Nc3cccc(C)c3)o2)cc1. The van der Waals surface area contributed by atoms with E-state index in [1.165, 1.54) is 0 Å². The first kappa shape index (κ1) is 25.5. The number of ether oxygens (including phenoxy) is 1. The zero-order valence-corrected chi connectivity index (χ0v) is 22.2. The number of aromatic nitrogens is 1. The number of hydrogen-bond donors (Lipinski definition) is 2. The molecule has 2 aromatic heterocycles. The predicted molar refractivity (Wildman–Crippen MR) is 152 cm³/mol. The molecule has 1 amide bonds. The maximum Gasteiger partial charge on any atom is 0.226 e. The monoisotopic (exact) mass is 526 g/mol. The van der Waals surface area contributed by atoms with Crippen LogP contribution in [0.15, 0.2) is 89.5 Å². The summed E-state index contributed by atoms with van der Waals surface area (Å²) in [6, 6.07) is 24.9. The Balaban J connectivity index is 1.38. The summed E-state index contributed by atoms with van der Waals surface area (Å²) in [5.41, 5.74) is 3.68. The maximum absolute atomic E-state index is 12.8. The number of aryl methyl sites for hydroxylation is 1. The van der Waals surface area contributed by atoms with E-state index < -0.39 is 0 Å². The first-order chi connectivity index (χ1) is 18.5. The van der Waals surface area contributed by atoms with Crippen LogP contribution in [0.2, 0.25) is 0 Å². The van der Waals surface area contributed by atoms with Crippen molar-refractivity contribution in [3.63, 3.8) is 0 Å². The minimum absolute atomic E-state index is 0.0760. The lowest BCUT2D eigenvalue weighted by atomic mass is 10.0. The van der Waals surface area contributed by atoms with E-state index in [2.05, 4.69) is 15.6 Å². The summed E-state index contributed by atoms with van der Waals surface area (Å²) in [6.45, 7) is 5.00. The lowest BCUT2D eigenvalue weighted by molar-refractivity contribution is -0.116. The van der Waals surface area contributed by atoms with Gasteiger partial charge in [-0.05, 0) is 92.3 Å². The molecule has 0 spiro atoms. The van der Waals surface area contributed by atoms with E-state index in [4.69, 9.17) is 21.4 Å². The van der Waals surface area contributed by atoms with Crippen LogP contribution < -0.4 is 15.4 Å². The molecule has 1 fully saturated rings. The number of amides is 1. The summed E-state index contributed by atoms with van der Waals surface area (Å²) in [5, 5.41) is 6.95. The highest BCUT2D eigenvalue weighted by Gasteiger charge is 2.41. The van der Waals surface area contributed by atoms with Gasteiger partial charge < -0.3 is 24.7 Å². The first-order valence-corrected chi connectivity index (χ1v) is 13.1. The van der Waals surface area contributed by atoms with Gasteiger partial charge in [-0.1, -0.05) is 18.2 Å². The van der Waals surface area contributed by atoms with Crippen molar-refractivity contribution in [2.75, 3.05) is 18.5 Å². The summed E-state index contributed by atoms with van der Waals surface area (Å²) in [5.74, 6) is 2.24. The van der Waals surface area contributed by atoms with Gasteiger partial charge in [-0.25, -0.2) is 0 Å². The third-order valence-electron chi connectivity index (χ3n) is 6.45. The van der Waals surface area contributed by atoms with Crippen molar-refractivity contribution in [3.05, 3.63) is 102 Å². The van der Waals surface area contributed by atoms with E-state index in [9.17, 15) is 4.79 Å². The molecule has 7 nitrogen and oxygen atoms in total. The van der Waals surface area contributed by atoms with Crippen molar-refractivity contribution in [1.29, 1.82) is 0 Å². The number of carbonyl (C=O) groups is 1. The Morgan fingerprint density at radius 3 is 2.68 bits per heavy atom. The maximum atomic E-state index is 12.8. The fourth-order valence-electron chi connectivity index (χ4n) is 4.67. The average Bonchev–Trinajstić information content (AvgIpc) is 3.53. The Morgan fingerprint density at radius 2 is 1.95 bits per heavy atom. The Hall–Kier alpha value is -4.17. The van der Waals surface area contributed by atoms with Crippen LogP contribution in [0.4, 0.5) is 5.69 Å². The zero-order chi connectivity index (χ0) is 26.5. The molecule has 38 heavy (non-hydrogen) atoms. The first-order valence-electron chi connectivity index (χ1n) is 12.7. The van der Waals surface area contributed by atoms with Gasteiger partial charge in [0.15, 0.2) is 5.11 Å². The van der Waals surface area contributed by atoms with Crippen LogP contribution in [0, 0.1) is 6.92 Å². The number of carbonyl (C=O) groups excluding carboxylic acids is 1. The smallest absolute Gasteiger partial charge is 0.226 e. The fourth-order valence-corrected chi connectivity index (χ4v) is 5.00. The van der Waals surface area contributed by atoms with Crippen LogP contribution in [0.5, 0.6) is 5.75 Å². The molecule has 1 aliphatic heterocycles. The third kappa shape index (κ3) is 5.70. The van der Waals surface area contributed by atoms with Gasteiger partial charge in [0, 0.05) is 30.4 Å². The van der Waals surface area contributed by atoms with E-state index in [0.717, 1.165) is 39.8 Å². The van der Waals surface area contributed by atoms with Crippen LogP contribution in [-0.2, 0) is 4.79 Å². The molecule has 194 valence electrons. The number of rotatable bonds is 9. The number of furan rings is 1. The van der Waals surface area contributed by atoms with Gasteiger partial charge in [0.05, 0.1) is 18.3 Å². The van der Waals surface area contributed by atoms with Gasteiger partial charge in [-0.15, -0.1) is 0 Å². The molecule has 0 bridgehead atoms. The van der Waals surface area contributed by atoms with Crippen molar-refractivity contribution >= 4 is 28.9 Å². The predicted octanol–water partition coefficient (Wildman–Crippen LogP) is 6.05. The average molecular weight is 527 g/mol. The van der Waals surface area contributed by atoms with Gasteiger partial charge in [0.25, 0.3) is 0 Å². The molecule has 1 aliphatic rings. The van der Waals surface area contributed by atoms with Crippen LogP contribution in [-0.4, -0.2) is 34.1 Å². The van der Waals surface area contributed by atoms with Crippen molar-refractivity contribution < 1.29 is 13.9 Å². The lowest BCUT2D eigenvalue weighted by Gasteiger charge is -2.25. The van der Waals surface area contributed by atoms with E-state index in [1.54, 1.807) is 6.20 Å². The minimum Gasteiger partial charge on any atom is -0.494 e. The number of hydrogen-bond acceptors (Lipinski definition) is 5. The number of anilines is 1. The largest absolute Gasteiger partial charge is 0.494 e. The molecule has 5 rings (SSSR count). The quantitative estimate of drug-likeness (QED) is 0.257. The van der Waals surface area contributed by atoms with E-state index in [-0.39, 0.29) is 24.4 Å². The van der Waals surface area contributed by atoms with Crippen molar-refractivity contribution in [2.45, 2.75) is 32.4 Å². The number of nitrogens with zero attached hydrogens (tertiary/aromatic N) is 2. The Bertz CT molecular complexity index is 1400. The minimum atomic E-state index is -0.263. The van der Waals surface area contributed by atoms with Crippen LogP contribution >= 0.6 is 12.2 Å². The van der Waals surface area contributed by atoms with Gasteiger partial charge in [0.1, 0.15) is 23.3 Å². The second-order valence-corrected chi connectivity index (χ2v) is 9.53. The normalized spacial score (nSPS) is 16.8. The molecule has 2 atom stereocenters. The fraction of sp³-hybridized carbons (Fsp3) is 0.233. The summed E-state index contributed by atoms with van der Waals surface area (Å²) in [7, 11) is 0. The van der Waals surface area contributed by atoms with Crippen LogP contribution in [0.1, 0.15) is 42.4 Å². The number of benzene rings is 2. The Labute approximate surface area is 227 Å². The molecular formula is C30H30N4O3S. The lowest BCUT2D eigenvalue weighted by Crippen LogP contribution is -2.32. The number of pyridine rings is 1. The molecule has 0 saturated carbocycles. The van der Waals surface area contributed by atoms with E-state index in [1.807, 2.05) is 97.6 Å². The highest BCUT2D eigenvalue weighted by atomic mass is 32.1. The molecule has 4 aromatic rings. The summed E-state index contributed by atoms with van der Waals surface area (Å²) >= 11 is 5.73. The third-order valence-corrected chi connectivity index (χ3v) is 6.80. The van der Waals surface area contributed by atoms with E-state index >= 15 is 0 Å². The molecule has 0 unspecified atom stereocenters. The topological polar surface area (TPSA) is 79.6 Å². The zero-order valence-electron chi connectivity index (χ0n) is 21.4. The van der Waals surface area contributed by atoms with Gasteiger partial charge in [-0.2, -0.15) is 0 Å². The summed E-state index contributed by atoms with van der Waals surface area (Å²) < 4.78 is 12.0. The second kappa shape index (κ2) is 11.5. The molecule has 2 N–H and O–H groups in total. The second-order valence-electron chi connectivity index (χ2n) is 9.15. The molecule has 3 heterocycles. The number of nitrogens with one attached hydrogen (secondary N) is 2. The van der Waals surface area contributed by atoms with Crippen molar-refractivity contribution in [3.8, 4) is 17.1 Å². The van der Waals surface area contributed by atoms with Gasteiger partial charge in [0.2, 0.25) is 5.91 Å². The number of thiocarbonyl (C=S) groups is 1. The van der Waals surface area contributed by atoms with Crippen LogP contribution in [0.3, 0.4) is 0 Å². The standard InChI is InChI=1S/C30H30N4O3S/c1-3-36-23-12-10-21(11-13-23)25-14-15-26(37-25)29-28(24-9-4-5-17-31-24)33-30(38)34(29)18-16-27(35)32-22-8-6-7-20(2)19-22/h4-15,17,19,28-29H,3,16,18H2,1-2H3,(H,32,35)(H,33,38)/t28-,29-/m0/s1. The van der Waals surface area contributed by atoms with Gasteiger partial charge in [-0.3, -0.25) is 9.78 Å². The Kier molecular flexibility index (Phi) is 7.70.